The summed E-state index contributed by atoms with van der Waals surface area (Å²) < 4.78 is 37.6. The first kappa shape index (κ1) is 15.0. The second-order valence-electron chi connectivity index (χ2n) is 4.76. The quantitative estimate of drug-likeness (QED) is 0.772. The summed E-state index contributed by atoms with van der Waals surface area (Å²) in [6.07, 6.45) is 0. The molecule has 3 rings (SSSR count). The number of hydrogen-bond acceptors (Lipinski definition) is 6. The molecule has 0 amide bonds. The van der Waals surface area contributed by atoms with Gasteiger partial charge in [-0.05, 0) is 37.4 Å². The molecule has 0 atom stereocenters. The van der Waals surface area contributed by atoms with Gasteiger partial charge in [-0.25, -0.2) is 13.1 Å². The topological polar surface area (TPSA) is 85.3 Å². The van der Waals surface area contributed by atoms with Crippen LogP contribution in [0.3, 0.4) is 0 Å². The van der Waals surface area contributed by atoms with Gasteiger partial charge in [0.25, 0.3) is 0 Å². The highest BCUT2D eigenvalue weighted by atomic mass is 32.2. The maximum atomic E-state index is 12.3. The lowest BCUT2D eigenvalue weighted by Gasteiger charge is -2.04. The number of nitrogens with one attached hydrogen (secondary N) is 1. The maximum Gasteiger partial charge on any atom is 0.246 e. The first-order valence-electron chi connectivity index (χ1n) is 6.51. The van der Waals surface area contributed by atoms with E-state index in [1.807, 2.05) is 22.9 Å². The highest BCUT2D eigenvalue weighted by Gasteiger charge is 2.24. The molecule has 1 N–H and O–H groups in total. The van der Waals surface area contributed by atoms with Crippen molar-refractivity contribution in [2.24, 2.45) is 0 Å². The van der Waals surface area contributed by atoms with Crippen LogP contribution in [0.4, 0.5) is 0 Å². The summed E-state index contributed by atoms with van der Waals surface area (Å²) in [5.41, 5.74) is 1.31. The van der Waals surface area contributed by atoms with E-state index in [0.29, 0.717) is 17.2 Å². The molecule has 116 valence electrons. The largest absolute Gasteiger partial charge is 0.460 e. The standard InChI is InChI=1S/C14H14N2O4S2/c1-9-14(10(2)20-16-9)22(17,18)15-7-12-3-4-13(19-12)11-5-6-21-8-11/h3-6,8,15H,7H2,1-2H3. The van der Waals surface area contributed by atoms with Gasteiger partial charge in [-0.1, -0.05) is 5.16 Å². The van der Waals surface area contributed by atoms with Crippen molar-refractivity contribution in [3.05, 3.63) is 46.2 Å². The van der Waals surface area contributed by atoms with E-state index in [1.165, 1.54) is 0 Å². The third-order valence-electron chi connectivity index (χ3n) is 3.14. The highest BCUT2D eigenvalue weighted by molar-refractivity contribution is 7.89. The van der Waals surface area contributed by atoms with Crippen LogP contribution in [0.15, 0.2) is 42.8 Å². The summed E-state index contributed by atoms with van der Waals surface area (Å²) in [4.78, 5) is 0.0807. The Bertz CT molecular complexity index is 856. The van der Waals surface area contributed by atoms with Crippen LogP contribution in [0.25, 0.3) is 11.3 Å². The Hall–Kier alpha value is -1.90. The molecular formula is C14H14N2O4S2. The number of aryl methyl sites for hydroxylation is 2. The molecule has 0 saturated carbocycles. The van der Waals surface area contributed by atoms with Crippen molar-refractivity contribution < 1.29 is 17.4 Å². The normalized spacial score (nSPS) is 11.9. The lowest BCUT2D eigenvalue weighted by atomic mass is 10.3. The lowest BCUT2D eigenvalue weighted by Crippen LogP contribution is -2.24. The molecule has 0 aromatic carbocycles. The van der Waals surface area contributed by atoms with Gasteiger partial charge in [0.1, 0.15) is 22.1 Å². The predicted octanol–water partition coefficient (Wildman–Crippen LogP) is 3.09. The number of aromatic nitrogens is 1. The molecule has 8 heteroatoms. The Morgan fingerprint density at radius 1 is 1.27 bits per heavy atom. The van der Waals surface area contributed by atoms with E-state index in [4.69, 9.17) is 8.94 Å². The Labute approximate surface area is 131 Å². The van der Waals surface area contributed by atoms with Crippen LogP contribution in [0, 0.1) is 13.8 Å². The molecule has 3 heterocycles. The average molecular weight is 338 g/mol. The van der Waals surface area contributed by atoms with Gasteiger partial charge in [0.2, 0.25) is 10.0 Å². The van der Waals surface area contributed by atoms with Gasteiger partial charge >= 0.3 is 0 Å². The number of sulfonamides is 1. The lowest BCUT2D eigenvalue weighted by molar-refractivity contribution is 0.390. The van der Waals surface area contributed by atoms with Crippen LogP contribution in [-0.2, 0) is 16.6 Å². The maximum absolute atomic E-state index is 12.3. The van der Waals surface area contributed by atoms with Crippen molar-refractivity contribution >= 4 is 21.4 Å². The van der Waals surface area contributed by atoms with Crippen molar-refractivity contribution in [1.29, 1.82) is 0 Å². The third kappa shape index (κ3) is 2.85. The minimum atomic E-state index is -3.69. The summed E-state index contributed by atoms with van der Waals surface area (Å²) in [7, 11) is -3.69. The SMILES string of the molecule is Cc1noc(C)c1S(=O)(=O)NCc1ccc(-c2ccsc2)o1. The summed E-state index contributed by atoms with van der Waals surface area (Å²) in [6.45, 7) is 3.22. The van der Waals surface area contributed by atoms with E-state index in [-0.39, 0.29) is 17.2 Å². The zero-order valence-corrected chi connectivity index (χ0v) is 13.6. The zero-order valence-electron chi connectivity index (χ0n) is 12.0. The first-order chi connectivity index (χ1) is 10.5. The van der Waals surface area contributed by atoms with Crippen LogP contribution in [0.1, 0.15) is 17.2 Å². The molecule has 0 spiro atoms. The summed E-state index contributed by atoms with van der Waals surface area (Å²) in [6, 6.07) is 5.52. The molecule has 3 aromatic rings. The molecule has 22 heavy (non-hydrogen) atoms. The van der Waals surface area contributed by atoms with E-state index < -0.39 is 10.0 Å². The van der Waals surface area contributed by atoms with Gasteiger partial charge < -0.3 is 8.94 Å². The number of thiophene rings is 1. The number of rotatable bonds is 5. The zero-order chi connectivity index (χ0) is 15.7. The fourth-order valence-electron chi connectivity index (χ4n) is 2.13. The van der Waals surface area contributed by atoms with E-state index in [0.717, 1.165) is 5.56 Å². The van der Waals surface area contributed by atoms with Crippen molar-refractivity contribution in [2.75, 3.05) is 0 Å². The minimum Gasteiger partial charge on any atom is -0.460 e. The van der Waals surface area contributed by atoms with Crippen molar-refractivity contribution in [1.82, 2.24) is 9.88 Å². The van der Waals surface area contributed by atoms with Gasteiger partial charge in [-0.3, -0.25) is 0 Å². The monoisotopic (exact) mass is 338 g/mol. The molecular weight excluding hydrogens is 324 g/mol. The summed E-state index contributed by atoms with van der Waals surface area (Å²) >= 11 is 1.57. The fraction of sp³-hybridized carbons (Fsp3) is 0.214. The summed E-state index contributed by atoms with van der Waals surface area (Å²) in [5.74, 6) is 1.52. The van der Waals surface area contributed by atoms with Gasteiger partial charge in [0.15, 0.2) is 5.76 Å². The number of hydrogen-bond donors (Lipinski definition) is 1. The smallest absolute Gasteiger partial charge is 0.246 e. The van der Waals surface area contributed by atoms with Crippen molar-refractivity contribution in [2.45, 2.75) is 25.3 Å². The van der Waals surface area contributed by atoms with Crippen LogP contribution in [-0.4, -0.2) is 13.6 Å². The van der Waals surface area contributed by atoms with E-state index in [9.17, 15) is 8.42 Å². The Kier molecular flexibility index (Phi) is 3.90. The molecule has 0 fully saturated rings. The van der Waals surface area contributed by atoms with Crippen molar-refractivity contribution in [3.63, 3.8) is 0 Å². The third-order valence-corrected chi connectivity index (χ3v) is 5.47. The second kappa shape index (κ2) is 5.71. The van der Waals surface area contributed by atoms with Gasteiger partial charge in [-0.2, -0.15) is 11.3 Å². The van der Waals surface area contributed by atoms with Crippen LogP contribution in [0.2, 0.25) is 0 Å². The molecule has 0 aliphatic carbocycles. The average Bonchev–Trinajstić information content (AvgIpc) is 3.17. The Morgan fingerprint density at radius 2 is 2.09 bits per heavy atom. The van der Waals surface area contributed by atoms with Gasteiger partial charge in [0, 0.05) is 10.9 Å². The minimum absolute atomic E-state index is 0.0660. The van der Waals surface area contributed by atoms with Crippen LogP contribution < -0.4 is 4.72 Å². The number of furan rings is 1. The first-order valence-corrected chi connectivity index (χ1v) is 8.94. The molecule has 0 aliphatic heterocycles. The molecule has 0 bridgehead atoms. The number of nitrogens with zero attached hydrogens (tertiary/aromatic N) is 1. The van der Waals surface area contributed by atoms with E-state index >= 15 is 0 Å². The molecule has 6 nitrogen and oxygen atoms in total. The molecule has 0 radical (unpaired) electrons. The van der Waals surface area contributed by atoms with E-state index in [1.54, 1.807) is 31.3 Å². The van der Waals surface area contributed by atoms with Crippen LogP contribution >= 0.6 is 11.3 Å². The predicted molar refractivity (Wildman–Crippen MR) is 82.0 cm³/mol. The Morgan fingerprint density at radius 3 is 2.73 bits per heavy atom. The van der Waals surface area contributed by atoms with Gasteiger partial charge in [-0.15, -0.1) is 0 Å². The Balaban J connectivity index is 1.75. The molecule has 0 aliphatic rings. The fourth-order valence-corrected chi connectivity index (χ4v) is 4.09. The van der Waals surface area contributed by atoms with E-state index in [2.05, 4.69) is 9.88 Å². The van der Waals surface area contributed by atoms with Crippen molar-refractivity contribution in [3.8, 4) is 11.3 Å². The second-order valence-corrected chi connectivity index (χ2v) is 7.24. The van der Waals surface area contributed by atoms with Crippen LogP contribution in [0.5, 0.6) is 0 Å². The van der Waals surface area contributed by atoms with Gasteiger partial charge in [0.05, 0.1) is 6.54 Å². The highest BCUT2D eigenvalue weighted by Crippen LogP contribution is 2.25. The molecule has 3 aromatic heterocycles. The summed E-state index contributed by atoms with van der Waals surface area (Å²) in [5, 5.41) is 7.58. The molecule has 0 unspecified atom stereocenters. The molecule has 0 saturated heterocycles.